The first-order valence-corrected chi connectivity index (χ1v) is 9.06. The highest BCUT2D eigenvalue weighted by atomic mass is 15.1. The van der Waals surface area contributed by atoms with Gasteiger partial charge in [-0.2, -0.15) is 0 Å². The van der Waals surface area contributed by atoms with Crippen molar-refractivity contribution in [1.29, 1.82) is 0 Å². The van der Waals surface area contributed by atoms with Gasteiger partial charge >= 0.3 is 0 Å². The first-order chi connectivity index (χ1) is 9.63. The van der Waals surface area contributed by atoms with Gasteiger partial charge in [-0.05, 0) is 56.7 Å². The minimum atomic E-state index is 0.460. The van der Waals surface area contributed by atoms with Crippen molar-refractivity contribution in [1.82, 2.24) is 10.2 Å². The number of rotatable bonds is 10. The van der Waals surface area contributed by atoms with Gasteiger partial charge in [-0.15, -0.1) is 0 Å². The van der Waals surface area contributed by atoms with Crippen molar-refractivity contribution < 1.29 is 0 Å². The number of hydrogen-bond donors (Lipinski definition) is 1. The zero-order chi connectivity index (χ0) is 14.8. The Morgan fingerprint density at radius 3 is 2.30 bits per heavy atom. The molecule has 1 aliphatic heterocycles. The molecule has 2 nitrogen and oxygen atoms in total. The van der Waals surface area contributed by atoms with Crippen molar-refractivity contribution in [3.63, 3.8) is 0 Å². The molecule has 1 fully saturated rings. The number of hydrogen-bond acceptors (Lipinski definition) is 2. The van der Waals surface area contributed by atoms with E-state index < -0.39 is 0 Å². The molecular weight excluding hydrogens is 244 g/mol. The number of piperidine rings is 1. The summed E-state index contributed by atoms with van der Waals surface area (Å²) in [5, 5.41) is 3.65. The average Bonchev–Trinajstić information content (AvgIpc) is 2.42. The molecule has 0 amide bonds. The Morgan fingerprint density at radius 1 is 1.05 bits per heavy atom. The van der Waals surface area contributed by atoms with Crippen LogP contribution in [0.25, 0.3) is 0 Å². The quantitative estimate of drug-likeness (QED) is 0.601. The van der Waals surface area contributed by atoms with Crippen LogP contribution in [0.15, 0.2) is 0 Å². The molecule has 20 heavy (non-hydrogen) atoms. The normalized spacial score (nSPS) is 21.0. The molecule has 0 aliphatic carbocycles. The summed E-state index contributed by atoms with van der Waals surface area (Å²) in [5.74, 6) is 1.01. The summed E-state index contributed by atoms with van der Waals surface area (Å²) in [5.41, 5.74) is 0.460. The van der Waals surface area contributed by atoms with E-state index in [2.05, 4.69) is 37.9 Å². The minimum Gasteiger partial charge on any atom is -0.316 e. The van der Waals surface area contributed by atoms with E-state index in [0.717, 1.165) is 12.5 Å². The number of nitrogens with zero attached hydrogens (tertiary/aromatic N) is 1. The van der Waals surface area contributed by atoms with E-state index in [1.54, 1.807) is 0 Å². The van der Waals surface area contributed by atoms with Gasteiger partial charge < -0.3 is 10.2 Å². The van der Waals surface area contributed by atoms with E-state index >= 15 is 0 Å². The summed E-state index contributed by atoms with van der Waals surface area (Å²) in [6, 6.07) is 0. The van der Waals surface area contributed by atoms with Gasteiger partial charge in [0, 0.05) is 13.1 Å². The fourth-order valence-electron chi connectivity index (χ4n) is 3.78. The maximum atomic E-state index is 3.65. The second kappa shape index (κ2) is 9.78. The second-order valence-electron chi connectivity index (χ2n) is 7.25. The van der Waals surface area contributed by atoms with Gasteiger partial charge in [-0.25, -0.2) is 0 Å². The Bertz CT molecular complexity index is 234. The molecule has 0 radical (unpaired) electrons. The summed E-state index contributed by atoms with van der Waals surface area (Å²) >= 11 is 0. The van der Waals surface area contributed by atoms with Crippen molar-refractivity contribution in [3.8, 4) is 0 Å². The maximum absolute atomic E-state index is 3.65. The lowest BCUT2D eigenvalue weighted by atomic mass is 9.83. The maximum Gasteiger partial charge on any atom is 0.00475 e. The fourth-order valence-corrected chi connectivity index (χ4v) is 3.78. The molecule has 1 heterocycles. The van der Waals surface area contributed by atoms with Crippen LogP contribution in [0.4, 0.5) is 0 Å². The van der Waals surface area contributed by atoms with Gasteiger partial charge in [-0.3, -0.25) is 0 Å². The summed E-state index contributed by atoms with van der Waals surface area (Å²) < 4.78 is 0. The Labute approximate surface area is 127 Å². The van der Waals surface area contributed by atoms with Gasteiger partial charge in [0.05, 0.1) is 0 Å². The van der Waals surface area contributed by atoms with E-state index in [9.17, 15) is 0 Å². The van der Waals surface area contributed by atoms with Gasteiger partial charge in [0.25, 0.3) is 0 Å². The van der Waals surface area contributed by atoms with Crippen molar-refractivity contribution in [2.75, 3.05) is 32.7 Å². The molecule has 0 saturated carbocycles. The molecule has 1 rings (SSSR count). The molecule has 1 aliphatic rings. The lowest BCUT2D eigenvalue weighted by molar-refractivity contribution is 0.109. The predicted molar refractivity (Wildman–Crippen MR) is 90.2 cm³/mol. The zero-order valence-corrected chi connectivity index (χ0v) is 14.5. The monoisotopic (exact) mass is 282 g/mol. The molecule has 120 valence electrons. The molecule has 1 atom stereocenters. The van der Waals surface area contributed by atoms with Crippen LogP contribution in [0.2, 0.25) is 0 Å². The number of likely N-dealkylation sites (tertiary alicyclic amines) is 1. The highest BCUT2D eigenvalue weighted by Gasteiger charge is 2.28. The van der Waals surface area contributed by atoms with Crippen LogP contribution in [-0.4, -0.2) is 37.6 Å². The second-order valence-corrected chi connectivity index (χ2v) is 7.25. The Balaban J connectivity index is 2.37. The number of nitrogens with one attached hydrogen (secondary N) is 1. The van der Waals surface area contributed by atoms with E-state index in [-0.39, 0.29) is 0 Å². The van der Waals surface area contributed by atoms with Crippen LogP contribution >= 0.6 is 0 Å². The van der Waals surface area contributed by atoms with Crippen LogP contribution in [0.3, 0.4) is 0 Å². The van der Waals surface area contributed by atoms with Crippen LogP contribution in [-0.2, 0) is 0 Å². The van der Waals surface area contributed by atoms with Crippen LogP contribution in [0.1, 0.15) is 72.6 Å². The van der Waals surface area contributed by atoms with E-state index in [4.69, 9.17) is 0 Å². The average molecular weight is 283 g/mol. The third kappa shape index (κ3) is 6.58. The summed E-state index contributed by atoms with van der Waals surface area (Å²) in [4.78, 5) is 2.73. The Hall–Kier alpha value is -0.0800. The SMILES string of the molecule is CCCNCC(C)(CCC)CN1CCC(CCC)CC1. The largest absolute Gasteiger partial charge is 0.316 e. The Morgan fingerprint density at radius 2 is 1.75 bits per heavy atom. The molecule has 0 aromatic carbocycles. The minimum absolute atomic E-state index is 0.460. The molecule has 0 spiro atoms. The van der Waals surface area contributed by atoms with Crippen molar-refractivity contribution >= 4 is 0 Å². The summed E-state index contributed by atoms with van der Waals surface area (Å²) in [7, 11) is 0. The molecule has 0 aromatic heterocycles. The molecule has 0 bridgehead atoms. The lowest BCUT2D eigenvalue weighted by Gasteiger charge is -2.39. The topological polar surface area (TPSA) is 15.3 Å². The highest BCUT2D eigenvalue weighted by Crippen LogP contribution is 2.28. The van der Waals surface area contributed by atoms with E-state index in [1.165, 1.54) is 71.1 Å². The molecule has 2 heteroatoms. The third-order valence-corrected chi connectivity index (χ3v) is 4.84. The van der Waals surface area contributed by atoms with Gasteiger partial charge in [0.1, 0.15) is 0 Å². The predicted octanol–water partition coefficient (Wildman–Crippen LogP) is 4.30. The lowest BCUT2D eigenvalue weighted by Crippen LogP contribution is -2.45. The van der Waals surface area contributed by atoms with Gasteiger partial charge in [0.2, 0.25) is 0 Å². The first-order valence-electron chi connectivity index (χ1n) is 9.06. The van der Waals surface area contributed by atoms with Crippen molar-refractivity contribution in [3.05, 3.63) is 0 Å². The third-order valence-electron chi connectivity index (χ3n) is 4.84. The van der Waals surface area contributed by atoms with E-state index in [0.29, 0.717) is 5.41 Å². The summed E-state index contributed by atoms with van der Waals surface area (Å²) in [6.07, 6.45) is 9.55. The molecule has 0 aromatic rings. The van der Waals surface area contributed by atoms with Crippen molar-refractivity contribution in [2.45, 2.75) is 72.6 Å². The van der Waals surface area contributed by atoms with Crippen LogP contribution in [0, 0.1) is 11.3 Å². The van der Waals surface area contributed by atoms with Crippen LogP contribution < -0.4 is 5.32 Å². The molecule has 1 N–H and O–H groups in total. The molecule has 1 unspecified atom stereocenters. The molecule has 1 saturated heterocycles. The van der Waals surface area contributed by atoms with E-state index in [1.807, 2.05) is 0 Å². The van der Waals surface area contributed by atoms with Gasteiger partial charge in [-0.1, -0.05) is 47.0 Å². The fraction of sp³-hybridized carbons (Fsp3) is 1.00. The first kappa shape index (κ1) is 18.0. The van der Waals surface area contributed by atoms with Crippen molar-refractivity contribution in [2.24, 2.45) is 11.3 Å². The van der Waals surface area contributed by atoms with Gasteiger partial charge in [0.15, 0.2) is 0 Å². The Kier molecular flexibility index (Phi) is 8.79. The smallest absolute Gasteiger partial charge is 0.00475 e. The van der Waals surface area contributed by atoms with Crippen LogP contribution in [0.5, 0.6) is 0 Å². The molecular formula is C18H38N2. The standard InChI is InChI=1S/C18H38N2/c1-5-8-17-9-13-20(14-10-17)16-18(4,11-6-2)15-19-12-7-3/h17,19H,5-16H2,1-4H3. The zero-order valence-electron chi connectivity index (χ0n) is 14.5. The summed E-state index contributed by atoms with van der Waals surface area (Å²) in [6.45, 7) is 15.7. The highest BCUT2D eigenvalue weighted by molar-refractivity contribution is 4.83.